The predicted molar refractivity (Wildman–Crippen MR) is 89.9 cm³/mol. The monoisotopic (exact) mass is 302 g/mol. The van der Waals surface area contributed by atoms with Gasteiger partial charge in [-0.1, -0.05) is 56.6 Å². The van der Waals surface area contributed by atoms with Gasteiger partial charge in [0.1, 0.15) is 0 Å². The van der Waals surface area contributed by atoms with Crippen molar-refractivity contribution in [2.24, 2.45) is 0 Å². The van der Waals surface area contributed by atoms with Crippen LogP contribution in [0.2, 0.25) is 5.02 Å². The Balaban J connectivity index is 2.13. The van der Waals surface area contributed by atoms with Crippen molar-refractivity contribution in [3.05, 3.63) is 64.4 Å². The maximum atomic E-state index is 5.92. The van der Waals surface area contributed by atoms with Crippen molar-refractivity contribution in [2.45, 2.75) is 39.2 Å². The fourth-order valence-electron chi connectivity index (χ4n) is 2.40. The van der Waals surface area contributed by atoms with Crippen LogP contribution in [0.15, 0.2) is 42.6 Å². The van der Waals surface area contributed by atoms with Gasteiger partial charge in [-0.15, -0.1) is 0 Å². The molecule has 0 spiro atoms. The minimum atomic E-state index is 0.220. The Morgan fingerprint density at radius 2 is 1.81 bits per heavy atom. The van der Waals surface area contributed by atoms with Gasteiger partial charge in [-0.2, -0.15) is 0 Å². The Morgan fingerprint density at radius 3 is 2.33 bits per heavy atom. The molecule has 2 nitrogen and oxygen atoms in total. The van der Waals surface area contributed by atoms with Crippen LogP contribution < -0.4 is 5.32 Å². The highest BCUT2D eigenvalue weighted by Gasteiger charge is 2.12. The highest BCUT2D eigenvalue weighted by molar-refractivity contribution is 6.30. The van der Waals surface area contributed by atoms with Gasteiger partial charge in [0.15, 0.2) is 0 Å². The molecule has 0 amide bonds. The summed E-state index contributed by atoms with van der Waals surface area (Å²) in [5.74, 6) is 0.571. The summed E-state index contributed by atoms with van der Waals surface area (Å²) in [5.41, 5.74) is 3.74. The lowest BCUT2D eigenvalue weighted by Gasteiger charge is -2.18. The summed E-state index contributed by atoms with van der Waals surface area (Å²) in [6.45, 7) is 7.46. The van der Waals surface area contributed by atoms with Crippen LogP contribution in [0.25, 0.3) is 0 Å². The van der Waals surface area contributed by atoms with Crippen molar-refractivity contribution in [1.29, 1.82) is 0 Å². The molecule has 2 rings (SSSR count). The quantitative estimate of drug-likeness (QED) is 0.833. The Bertz CT molecular complexity index is 546. The third-order valence-corrected chi connectivity index (χ3v) is 3.87. The Labute approximate surface area is 132 Å². The van der Waals surface area contributed by atoms with Crippen LogP contribution in [-0.2, 0) is 6.42 Å². The summed E-state index contributed by atoms with van der Waals surface area (Å²) in [7, 11) is 0. The first-order chi connectivity index (χ1) is 10.1. The molecule has 1 N–H and O–H groups in total. The highest BCUT2D eigenvalue weighted by atomic mass is 35.5. The molecule has 112 valence electrons. The zero-order chi connectivity index (χ0) is 15.2. The second-order valence-electron chi connectivity index (χ2n) is 5.61. The van der Waals surface area contributed by atoms with Gasteiger partial charge < -0.3 is 5.32 Å². The number of halogens is 1. The number of benzene rings is 1. The molecule has 0 aliphatic rings. The summed E-state index contributed by atoms with van der Waals surface area (Å²) in [6, 6.07) is 13.0. The molecule has 3 heteroatoms. The van der Waals surface area contributed by atoms with E-state index in [0.29, 0.717) is 10.9 Å². The number of nitrogens with zero attached hydrogens (tertiary/aromatic N) is 1. The third-order valence-electron chi connectivity index (χ3n) is 3.64. The molecule has 0 saturated carbocycles. The molecule has 2 aromatic rings. The lowest BCUT2D eigenvalue weighted by molar-refractivity contribution is 0.536. The van der Waals surface area contributed by atoms with E-state index in [1.165, 1.54) is 11.1 Å². The normalized spacial score (nSPS) is 12.6. The van der Waals surface area contributed by atoms with E-state index in [1.807, 2.05) is 12.1 Å². The number of nitrogens with one attached hydrogen (secondary N) is 1. The second-order valence-corrected chi connectivity index (χ2v) is 6.05. The Hall–Kier alpha value is -1.38. The summed E-state index contributed by atoms with van der Waals surface area (Å²) < 4.78 is 0. The number of likely N-dealkylation sites (N-methyl/N-ethyl adjacent to an activating group) is 1. The minimum Gasteiger partial charge on any atom is -0.309 e. The number of hydrogen-bond donors (Lipinski definition) is 1. The average Bonchev–Trinajstić information content (AvgIpc) is 2.48. The molecule has 0 aliphatic heterocycles. The third kappa shape index (κ3) is 4.55. The molecule has 1 aromatic carbocycles. The minimum absolute atomic E-state index is 0.220. The van der Waals surface area contributed by atoms with Gasteiger partial charge in [0.05, 0.1) is 16.8 Å². The van der Waals surface area contributed by atoms with Crippen LogP contribution in [0.3, 0.4) is 0 Å². The van der Waals surface area contributed by atoms with E-state index in [1.54, 1.807) is 6.20 Å². The highest BCUT2D eigenvalue weighted by Crippen LogP contribution is 2.20. The molecule has 1 unspecified atom stereocenters. The van der Waals surface area contributed by atoms with Gasteiger partial charge in [0, 0.05) is 6.20 Å². The lowest BCUT2D eigenvalue weighted by atomic mass is 9.98. The van der Waals surface area contributed by atoms with Crippen LogP contribution >= 0.6 is 11.6 Å². The van der Waals surface area contributed by atoms with Crippen molar-refractivity contribution in [1.82, 2.24) is 10.3 Å². The van der Waals surface area contributed by atoms with Gasteiger partial charge >= 0.3 is 0 Å². The number of rotatable bonds is 6. The zero-order valence-electron chi connectivity index (χ0n) is 12.9. The Kier molecular flexibility index (Phi) is 5.77. The van der Waals surface area contributed by atoms with Crippen molar-refractivity contribution in [2.75, 3.05) is 6.54 Å². The van der Waals surface area contributed by atoms with Gasteiger partial charge in [0.25, 0.3) is 0 Å². The largest absolute Gasteiger partial charge is 0.309 e. The molecule has 0 aliphatic carbocycles. The summed E-state index contributed by atoms with van der Waals surface area (Å²) in [6.07, 6.45) is 2.64. The first-order valence-corrected chi connectivity index (χ1v) is 7.91. The van der Waals surface area contributed by atoms with Crippen LogP contribution in [0, 0.1) is 0 Å². The summed E-state index contributed by atoms with van der Waals surface area (Å²) >= 11 is 5.92. The SMILES string of the molecule is CCNC(Cc1ccc(C(C)C)cc1)c1ccc(Cl)cn1. The molecule has 0 bridgehead atoms. The van der Waals surface area contributed by atoms with Crippen LogP contribution in [0.5, 0.6) is 0 Å². The average molecular weight is 303 g/mol. The van der Waals surface area contributed by atoms with Crippen LogP contribution in [-0.4, -0.2) is 11.5 Å². The van der Waals surface area contributed by atoms with E-state index in [0.717, 1.165) is 18.7 Å². The number of aromatic nitrogens is 1. The van der Waals surface area contributed by atoms with Crippen molar-refractivity contribution < 1.29 is 0 Å². The molecule has 0 fully saturated rings. The fraction of sp³-hybridized carbons (Fsp3) is 0.389. The first kappa shape index (κ1) is 16.0. The molecular formula is C18H23ClN2. The van der Waals surface area contributed by atoms with E-state index in [4.69, 9.17) is 11.6 Å². The van der Waals surface area contributed by atoms with Crippen molar-refractivity contribution in [3.8, 4) is 0 Å². The predicted octanol–water partition coefficient (Wildman–Crippen LogP) is 4.75. The summed E-state index contributed by atoms with van der Waals surface area (Å²) in [5, 5.41) is 4.17. The van der Waals surface area contributed by atoms with Crippen molar-refractivity contribution >= 4 is 11.6 Å². The standard InChI is InChI=1S/C18H23ClN2/c1-4-20-18(17-10-9-16(19)12-21-17)11-14-5-7-15(8-6-14)13(2)3/h5-10,12-13,18,20H,4,11H2,1-3H3. The topological polar surface area (TPSA) is 24.9 Å². The van der Waals surface area contributed by atoms with E-state index in [2.05, 4.69) is 55.3 Å². The van der Waals surface area contributed by atoms with Crippen molar-refractivity contribution in [3.63, 3.8) is 0 Å². The zero-order valence-corrected chi connectivity index (χ0v) is 13.7. The molecule has 21 heavy (non-hydrogen) atoms. The van der Waals surface area contributed by atoms with E-state index >= 15 is 0 Å². The summed E-state index contributed by atoms with van der Waals surface area (Å²) in [4.78, 5) is 4.44. The van der Waals surface area contributed by atoms with Crippen LogP contribution in [0.4, 0.5) is 0 Å². The van der Waals surface area contributed by atoms with Crippen LogP contribution in [0.1, 0.15) is 49.6 Å². The smallest absolute Gasteiger partial charge is 0.0589 e. The van der Waals surface area contributed by atoms with Gasteiger partial charge in [-0.25, -0.2) is 0 Å². The second kappa shape index (κ2) is 7.58. The molecule has 1 heterocycles. The lowest BCUT2D eigenvalue weighted by Crippen LogP contribution is -2.23. The maximum absolute atomic E-state index is 5.92. The van der Waals surface area contributed by atoms with Gasteiger partial charge in [0.2, 0.25) is 0 Å². The number of pyridine rings is 1. The Morgan fingerprint density at radius 1 is 1.10 bits per heavy atom. The molecule has 1 atom stereocenters. The number of hydrogen-bond acceptors (Lipinski definition) is 2. The molecule has 0 saturated heterocycles. The first-order valence-electron chi connectivity index (χ1n) is 7.53. The fourth-order valence-corrected chi connectivity index (χ4v) is 2.51. The van der Waals surface area contributed by atoms with Gasteiger partial charge in [-0.3, -0.25) is 4.98 Å². The molecule has 0 radical (unpaired) electrons. The van der Waals surface area contributed by atoms with Gasteiger partial charge in [-0.05, 0) is 42.1 Å². The molecule has 1 aromatic heterocycles. The van der Waals surface area contributed by atoms with E-state index in [-0.39, 0.29) is 6.04 Å². The molecular weight excluding hydrogens is 280 g/mol. The maximum Gasteiger partial charge on any atom is 0.0589 e. The van der Waals surface area contributed by atoms with E-state index < -0.39 is 0 Å². The van der Waals surface area contributed by atoms with E-state index in [9.17, 15) is 0 Å².